The van der Waals surface area contributed by atoms with Gasteiger partial charge in [0.05, 0.1) is 5.69 Å². The Labute approximate surface area is 106 Å². The molecule has 0 atom stereocenters. The van der Waals surface area contributed by atoms with E-state index in [0.717, 1.165) is 0 Å². The summed E-state index contributed by atoms with van der Waals surface area (Å²) in [5, 5.41) is 2.76. The molecule has 108 valence electrons. The van der Waals surface area contributed by atoms with Crippen LogP contribution in [-0.2, 0) is 17.9 Å². The van der Waals surface area contributed by atoms with E-state index in [2.05, 4.69) is 20.0 Å². The van der Waals surface area contributed by atoms with Crippen LogP contribution in [0.15, 0.2) is 10.9 Å². The van der Waals surface area contributed by atoms with Crippen molar-refractivity contribution in [2.24, 2.45) is 0 Å². The van der Waals surface area contributed by atoms with Crippen LogP contribution in [0.3, 0.4) is 0 Å². The molecule has 1 rings (SSSR count). The van der Waals surface area contributed by atoms with Crippen molar-refractivity contribution >= 4 is 0 Å². The van der Waals surface area contributed by atoms with Crippen LogP contribution in [0.1, 0.15) is 11.5 Å². The van der Waals surface area contributed by atoms with Crippen LogP contribution in [0.2, 0.25) is 0 Å². The van der Waals surface area contributed by atoms with Gasteiger partial charge in [-0.2, -0.15) is 8.78 Å². The smallest absolute Gasteiger partial charge is 0.330 e. The maximum Gasteiger partial charge on any atom is 0.330 e. The second-order valence-electron chi connectivity index (χ2n) is 3.77. The summed E-state index contributed by atoms with van der Waals surface area (Å²) in [4.78, 5) is 17.4. The minimum Gasteiger partial charge on any atom is -0.367 e. The van der Waals surface area contributed by atoms with Crippen molar-refractivity contribution in [3.63, 3.8) is 0 Å². The molecular weight excluding hydrogens is 270 g/mol. The number of hydrogen-bond donors (Lipinski definition) is 2. The summed E-state index contributed by atoms with van der Waals surface area (Å²) >= 11 is 0. The highest BCUT2D eigenvalue weighted by Crippen LogP contribution is 2.23. The van der Waals surface area contributed by atoms with Gasteiger partial charge in [-0.25, -0.2) is 13.8 Å². The lowest BCUT2D eigenvalue weighted by Crippen LogP contribution is -2.32. The molecule has 0 spiro atoms. The molecule has 0 aliphatic carbocycles. The zero-order valence-corrected chi connectivity index (χ0v) is 10.1. The van der Waals surface area contributed by atoms with E-state index in [9.17, 15) is 22.4 Å². The summed E-state index contributed by atoms with van der Waals surface area (Å²) in [6, 6.07) is 1.23. The number of nitrogens with one attached hydrogen (secondary N) is 2. The van der Waals surface area contributed by atoms with Crippen molar-refractivity contribution in [2.45, 2.75) is 25.5 Å². The van der Waals surface area contributed by atoms with E-state index < -0.39 is 31.1 Å². The highest BCUT2D eigenvalue weighted by atomic mass is 19.3. The molecule has 0 aromatic carbocycles. The second-order valence-corrected chi connectivity index (χ2v) is 3.77. The fourth-order valence-electron chi connectivity index (χ4n) is 1.25. The standard InChI is InChI=1S/C10H13F4N3O2/c1-15-3-6-2-8(18)17-7(16-6)4-19-5-10(13,14)9(11)12/h2,9,15H,3-5H2,1H3,(H,16,17,18). The van der Waals surface area contributed by atoms with Gasteiger partial charge >= 0.3 is 12.3 Å². The molecular formula is C10H13F4N3O2. The van der Waals surface area contributed by atoms with Crippen molar-refractivity contribution in [1.82, 2.24) is 15.3 Å². The molecule has 19 heavy (non-hydrogen) atoms. The van der Waals surface area contributed by atoms with E-state index in [-0.39, 0.29) is 5.82 Å². The van der Waals surface area contributed by atoms with Crippen LogP contribution >= 0.6 is 0 Å². The lowest BCUT2D eigenvalue weighted by Gasteiger charge is -2.14. The first-order valence-corrected chi connectivity index (χ1v) is 5.32. The highest BCUT2D eigenvalue weighted by Gasteiger charge is 2.40. The van der Waals surface area contributed by atoms with Crippen molar-refractivity contribution in [3.8, 4) is 0 Å². The molecule has 0 saturated carbocycles. The van der Waals surface area contributed by atoms with Gasteiger partial charge in [-0.3, -0.25) is 4.79 Å². The molecule has 2 N–H and O–H groups in total. The summed E-state index contributed by atoms with van der Waals surface area (Å²) in [5.41, 5.74) is -0.0788. The third kappa shape index (κ3) is 4.95. The third-order valence-electron chi connectivity index (χ3n) is 2.05. The van der Waals surface area contributed by atoms with E-state index in [0.29, 0.717) is 12.2 Å². The van der Waals surface area contributed by atoms with Gasteiger partial charge in [-0.1, -0.05) is 0 Å². The number of halogens is 4. The number of H-pyrrole nitrogens is 1. The van der Waals surface area contributed by atoms with Crippen LogP contribution < -0.4 is 10.9 Å². The SMILES string of the molecule is CNCc1cc(=O)[nH]c(COCC(F)(F)C(F)F)n1. The fraction of sp³-hybridized carbons (Fsp3) is 0.600. The van der Waals surface area contributed by atoms with Crippen LogP contribution in [-0.4, -0.2) is 36.0 Å². The monoisotopic (exact) mass is 283 g/mol. The highest BCUT2D eigenvalue weighted by molar-refractivity contribution is 5.02. The Morgan fingerprint density at radius 1 is 1.53 bits per heavy atom. The molecule has 0 saturated heterocycles. The molecule has 1 aromatic heterocycles. The maximum absolute atomic E-state index is 12.6. The Balaban J connectivity index is 2.61. The van der Waals surface area contributed by atoms with Crippen molar-refractivity contribution in [3.05, 3.63) is 27.9 Å². The molecule has 5 nitrogen and oxygen atoms in total. The molecule has 9 heteroatoms. The maximum atomic E-state index is 12.6. The van der Waals surface area contributed by atoms with Gasteiger partial charge < -0.3 is 15.0 Å². The summed E-state index contributed by atoms with van der Waals surface area (Å²) < 4.78 is 53.3. The van der Waals surface area contributed by atoms with Crippen LogP contribution in [0.4, 0.5) is 17.6 Å². The minimum atomic E-state index is -4.22. The predicted octanol–water partition coefficient (Wildman–Crippen LogP) is 0.906. The molecule has 0 aliphatic rings. The van der Waals surface area contributed by atoms with Gasteiger partial charge in [0, 0.05) is 12.6 Å². The van der Waals surface area contributed by atoms with Gasteiger partial charge in [0.1, 0.15) is 19.0 Å². The molecule has 0 unspecified atom stereocenters. The average Bonchev–Trinajstić information content (AvgIpc) is 2.28. The number of hydrogen-bond acceptors (Lipinski definition) is 4. The first-order valence-electron chi connectivity index (χ1n) is 5.32. The van der Waals surface area contributed by atoms with Crippen LogP contribution in [0.5, 0.6) is 0 Å². The Morgan fingerprint density at radius 2 is 2.21 bits per heavy atom. The number of rotatable bonds is 7. The van der Waals surface area contributed by atoms with Crippen LogP contribution in [0, 0.1) is 0 Å². The Hall–Kier alpha value is -1.48. The number of aromatic nitrogens is 2. The molecule has 0 fully saturated rings. The number of aromatic amines is 1. The van der Waals surface area contributed by atoms with Gasteiger partial charge in [-0.05, 0) is 7.05 Å². The predicted molar refractivity (Wildman–Crippen MR) is 58.2 cm³/mol. The molecule has 0 aliphatic heterocycles. The zero-order chi connectivity index (χ0) is 14.5. The van der Waals surface area contributed by atoms with Crippen molar-refractivity contribution < 1.29 is 22.3 Å². The Kier molecular flexibility index (Phi) is 5.43. The average molecular weight is 283 g/mol. The molecule has 0 bridgehead atoms. The molecule has 1 heterocycles. The van der Waals surface area contributed by atoms with Gasteiger partial charge in [0.25, 0.3) is 5.56 Å². The van der Waals surface area contributed by atoms with Crippen molar-refractivity contribution in [1.29, 1.82) is 0 Å². The normalized spacial score (nSPS) is 12.1. The van der Waals surface area contributed by atoms with Crippen molar-refractivity contribution in [2.75, 3.05) is 13.7 Å². The first-order chi connectivity index (χ1) is 8.85. The Bertz CT molecular complexity index is 464. The van der Waals surface area contributed by atoms with Gasteiger partial charge in [-0.15, -0.1) is 0 Å². The summed E-state index contributed by atoms with van der Waals surface area (Å²) in [6.45, 7) is -1.61. The lowest BCUT2D eigenvalue weighted by molar-refractivity contribution is -0.168. The van der Waals surface area contributed by atoms with Gasteiger partial charge in [0.2, 0.25) is 0 Å². The fourth-order valence-corrected chi connectivity index (χ4v) is 1.25. The van der Waals surface area contributed by atoms with E-state index in [4.69, 9.17) is 0 Å². The number of nitrogens with zero attached hydrogens (tertiary/aromatic N) is 1. The van der Waals surface area contributed by atoms with E-state index in [1.165, 1.54) is 6.07 Å². The minimum absolute atomic E-state index is 0.00261. The number of alkyl halides is 4. The molecule has 0 radical (unpaired) electrons. The van der Waals surface area contributed by atoms with E-state index >= 15 is 0 Å². The largest absolute Gasteiger partial charge is 0.367 e. The Morgan fingerprint density at radius 3 is 2.79 bits per heavy atom. The second kappa shape index (κ2) is 6.62. The number of ether oxygens (including phenoxy) is 1. The first kappa shape index (κ1) is 15.6. The summed E-state index contributed by atoms with van der Waals surface area (Å²) in [6.07, 6.45) is -3.80. The topological polar surface area (TPSA) is 67.0 Å². The summed E-state index contributed by atoms with van der Waals surface area (Å²) in [5.74, 6) is -4.22. The van der Waals surface area contributed by atoms with E-state index in [1.54, 1.807) is 7.05 Å². The molecule has 0 amide bonds. The lowest BCUT2D eigenvalue weighted by atomic mass is 10.4. The third-order valence-corrected chi connectivity index (χ3v) is 2.05. The molecule has 1 aromatic rings. The van der Waals surface area contributed by atoms with Gasteiger partial charge in [0.15, 0.2) is 0 Å². The van der Waals surface area contributed by atoms with E-state index in [1.807, 2.05) is 0 Å². The zero-order valence-electron chi connectivity index (χ0n) is 10.1. The quantitative estimate of drug-likeness (QED) is 0.730. The van der Waals surface area contributed by atoms with Crippen LogP contribution in [0.25, 0.3) is 0 Å². The summed E-state index contributed by atoms with van der Waals surface area (Å²) in [7, 11) is 1.64.